The van der Waals surface area contributed by atoms with Crippen molar-refractivity contribution in [3.8, 4) is 0 Å². The normalized spacial score (nSPS) is 19.7. The van der Waals surface area contributed by atoms with Gasteiger partial charge in [-0.25, -0.2) is 19.0 Å². The van der Waals surface area contributed by atoms with Gasteiger partial charge in [-0.05, 0) is 50.9 Å². The predicted molar refractivity (Wildman–Crippen MR) is 125 cm³/mol. The minimum Gasteiger partial charge on any atom is -0.367 e. The molecule has 1 aromatic carbocycles. The number of nitrogens with one attached hydrogen (secondary N) is 2. The number of rotatable bonds is 6. The maximum Gasteiger partial charge on any atom is 0.192 e. The summed E-state index contributed by atoms with van der Waals surface area (Å²) in [5, 5.41) is 11.3. The van der Waals surface area contributed by atoms with Crippen LogP contribution in [-0.2, 0) is 13.1 Å². The predicted octanol–water partition coefficient (Wildman–Crippen LogP) is 2.46. The number of guanidine groups is 1. The fourth-order valence-electron chi connectivity index (χ4n) is 4.47. The van der Waals surface area contributed by atoms with Crippen LogP contribution in [0.15, 0.2) is 23.2 Å². The summed E-state index contributed by atoms with van der Waals surface area (Å²) in [7, 11) is 0. The Morgan fingerprint density at radius 3 is 2.72 bits per heavy atom. The van der Waals surface area contributed by atoms with Crippen molar-refractivity contribution in [2.24, 2.45) is 4.99 Å². The molecule has 1 saturated heterocycles. The molecule has 2 N–H and O–H groups in total. The van der Waals surface area contributed by atoms with Gasteiger partial charge in [0.2, 0.25) is 0 Å². The van der Waals surface area contributed by atoms with E-state index in [9.17, 15) is 4.39 Å². The van der Waals surface area contributed by atoms with Crippen molar-refractivity contribution in [1.29, 1.82) is 0 Å². The Kier molecular flexibility index (Phi) is 7.24. The second-order valence-corrected chi connectivity index (χ2v) is 8.48. The number of likely N-dealkylation sites (N-methyl/N-ethyl adjacent to an activating group) is 1. The van der Waals surface area contributed by atoms with E-state index < -0.39 is 0 Å². The van der Waals surface area contributed by atoms with Gasteiger partial charge >= 0.3 is 0 Å². The molecule has 0 amide bonds. The fraction of sp³-hybridized carbons (Fsp3) is 0.609. The van der Waals surface area contributed by atoms with Crippen molar-refractivity contribution in [2.75, 3.05) is 44.2 Å². The number of hydrogen-bond acceptors (Lipinski definition) is 5. The molecule has 1 aromatic heterocycles. The number of anilines is 1. The van der Waals surface area contributed by atoms with Crippen LogP contribution in [0, 0.1) is 12.7 Å². The molecule has 0 bridgehead atoms. The fourth-order valence-corrected chi connectivity index (χ4v) is 4.47. The van der Waals surface area contributed by atoms with E-state index >= 15 is 0 Å². The van der Waals surface area contributed by atoms with Crippen molar-refractivity contribution in [1.82, 2.24) is 30.3 Å². The van der Waals surface area contributed by atoms with E-state index in [0.717, 1.165) is 75.9 Å². The number of nitrogens with zero attached hydrogens (tertiary/aromatic N) is 6. The Bertz CT molecular complexity index is 932. The standard InChI is InChI=1S/C23H35FN8/c1-4-25-23(28-20-7-6-10-32-22(20)27-17(3)29-32)26-16-18-8-9-21(19(24)15-18)31-13-11-30(5-2)12-14-31/h8-9,15,20H,4-7,10-14,16H2,1-3H3,(H2,25,26,28). The Labute approximate surface area is 189 Å². The van der Waals surface area contributed by atoms with Crippen LogP contribution in [-0.4, -0.2) is 64.9 Å². The molecule has 9 heteroatoms. The Hall–Kier alpha value is -2.68. The molecule has 32 heavy (non-hydrogen) atoms. The van der Waals surface area contributed by atoms with Gasteiger partial charge in [0.25, 0.3) is 0 Å². The highest BCUT2D eigenvalue weighted by Gasteiger charge is 2.24. The first kappa shape index (κ1) is 22.5. The lowest BCUT2D eigenvalue weighted by molar-refractivity contribution is 0.270. The molecule has 0 spiro atoms. The highest BCUT2D eigenvalue weighted by molar-refractivity contribution is 5.80. The van der Waals surface area contributed by atoms with Crippen molar-refractivity contribution in [2.45, 2.75) is 52.7 Å². The maximum absolute atomic E-state index is 14.9. The summed E-state index contributed by atoms with van der Waals surface area (Å²) >= 11 is 0. The van der Waals surface area contributed by atoms with Gasteiger partial charge < -0.3 is 20.4 Å². The van der Waals surface area contributed by atoms with Gasteiger partial charge in [-0.15, -0.1) is 0 Å². The Morgan fingerprint density at radius 1 is 1.19 bits per heavy atom. The van der Waals surface area contributed by atoms with Crippen LogP contribution in [0.5, 0.6) is 0 Å². The van der Waals surface area contributed by atoms with Crippen molar-refractivity contribution >= 4 is 11.6 Å². The van der Waals surface area contributed by atoms with Crippen LogP contribution in [0.3, 0.4) is 0 Å². The lowest BCUT2D eigenvalue weighted by Gasteiger charge is -2.35. The van der Waals surface area contributed by atoms with Gasteiger partial charge in [0.1, 0.15) is 17.5 Å². The van der Waals surface area contributed by atoms with Gasteiger partial charge in [-0.3, -0.25) is 0 Å². The van der Waals surface area contributed by atoms with E-state index in [-0.39, 0.29) is 11.9 Å². The molecule has 0 radical (unpaired) electrons. The summed E-state index contributed by atoms with van der Waals surface area (Å²) in [6.45, 7) is 12.9. The van der Waals surface area contributed by atoms with Crippen LogP contribution in [0.25, 0.3) is 0 Å². The van der Waals surface area contributed by atoms with E-state index in [1.165, 1.54) is 0 Å². The highest BCUT2D eigenvalue weighted by atomic mass is 19.1. The molecule has 3 heterocycles. The zero-order chi connectivity index (χ0) is 22.5. The minimum absolute atomic E-state index is 0.0728. The van der Waals surface area contributed by atoms with E-state index in [0.29, 0.717) is 18.2 Å². The molecule has 2 aliphatic rings. The van der Waals surface area contributed by atoms with Gasteiger partial charge in [0.15, 0.2) is 5.96 Å². The minimum atomic E-state index is -0.170. The Morgan fingerprint density at radius 2 is 2.00 bits per heavy atom. The van der Waals surface area contributed by atoms with Crippen LogP contribution < -0.4 is 15.5 Å². The first-order valence-electron chi connectivity index (χ1n) is 11.8. The molecule has 8 nitrogen and oxygen atoms in total. The topological polar surface area (TPSA) is 73.6 Å². The first-order valence-corrected chi connectivity index (χ1v) is 11.8. The third kappa shape index (κ3) is 5.20. The number of benzene rings is 1. The number of aryl methyl sites for hydroxylation is 2. The molecular formula is C23H35FN8. The first-order chi connectivity index (χ1) is 15.6. The van der Waals surface area contributed by atoms with Crippen LogP contribution in [0.4, 0.5) is 10.1 Å². The van der Waals surface area contributed by atoms with Gasteiger partial charge in [-0.2, -0.15) is 5.10 Å². The summed E-state index contributed by atoms with van der Waals surface area (Å²) < 4.78 is 16.9. The smallest absolute Gasteiger partial charge is 0.192 e. The number of aliphatic imine (C=N–C) groups is 1. The number of hydrogen-bond donors (Lipinski definition) is 2. The third-order valence-electron chi connectivity index (χ3n) is 6.23. The molecule has 1 unspecified atom stereocenters. The lowest BCUT2D eigenvalue weighted by atomic mass is 10.1. The van der Waals surface area contributed by atoms with Gasteiger partial charge in [0.05, 0.1) is 18.3 Å². The second kappa shape index (κ2) is 10.3. The van der Waals surface area contributed by atoms with Crippen molar-refractivity contribution in [3.05, 3.63) is 41.2 Å². The summed E-state index contributed by atoms with van der Waals surface area (Å²) in [5.41, 5.74) is 1.55. The molecule has 2 aliphatic heterocycles. The molecular weight excluding hydrogens is 407 g/mol. The van der Waals surface area contributed by atoms with Crippen molar-refractivity contribution < 1.29 is 4.39 Å². The van der Waals surface area contributed by atoms with Gasteiger partial charge in [0, 0.05) is 39.3 Å². The molecule has 0 saturated carbocycles. The molecule has 0 aliphatic carbocycles. The second-order valence-electron chi connectivity index (χ2n) is 8.48. The molecule has 1 fully saturated rings. The quantitative estimate of drug-likeness (QED) is 0.529. The molecule has 4 rings (SSSR count). The van der Waals surface area contributed by atoms with E-state index in [2.05, 4.69) is 37.4 Å². The zero-order valence-corrected chi connectivity index (χ0v) is 19.4. The average Bonchev–Trinajstić information content (AvgIpc) is 3.19. The molecule has 2 aromatic rings. The van der Waals surface area contributed by atoms with Crippen LogP contribution >= 0.6 is 0 Å². The number of halogens is 1. The van der Waals surface area contributed by atoms with Gasteiger partial charge in [-0.1, -0.05) is 13.0 Å². The SMILES string of the molecule is CCNC(=NCc1ccc(N2CCN(CC)CC2)c(F)c1)NC1CCCn2nc(C)nc21. The van der Waals surface area contributed by atoms with E-state index in [4.69, 9.17) is 4.99 Å². The van der Waals surface area contributed by atoms with Crippen LogP contribution in [0.1, 0.15) is 49.9 Å². The monoisotopic (exact) mass is 442 g/mol. The summed E-state index contributed by atoms with van der Waals surface area (Å²) in [4.78, 5) is 13.8. The largest absolute Gasteiger partial charge is 0.367 e. The number of piperazine rings is 1. The van der Waals surface area contributed by atoms with Crippen molar-refractivity contribution in [3.63, 3.8) is 0 Å². The number of aromatic nitrogens is 3. The number of fused-ring (bicyclic) bond motifs is 1. The lowest BCUT2D eigenvalue weighted by Crippen LogP contribution is -2.46. The third-order valence-corrected chi connectivity index (χ3v) is 6.23. The highest BCUT2D eigenvalue weighted by Crippen LogP contribution is 2.24. The molecule has 1 atom stereocenters. The average molecular weight is 443 g/mol. The molecule has 174 valence electrons. The van der Waals surface area contributed by atoms with E-state index in [1.54, 1.807) is 6.07 Å². The summed E-state index contributed by atoms with van der Waals surface area (Å²) in [6.07, 6.45) is 2.03. The van der Waals surface area contributed by atoms with E-state index in [1.807, 2.05) is 30.7 Å². The summed E-state index contributed by atoms with van der Waals surface area (Å²) in [6, 6.07) is 5.57. The maximum atomic E-state index is 14.9. The van der Waals surface area contributed by atoms with Crippen LogP contribution in [0.2, 0.25) is 0 Å². The Balaban J connectivity index is 1.42. The zero-order valence-electron chi connectivity index (χ0n) is 19.4. The summed E-state index contributed by atoms with van der Waals surface area (Å²) in [5.74, 6) is 2.29.